The van der Waals surface area contributed by atoms with Gasteiger partial charge in [0.2, 0.25) is 0 Å². The van der Waals surface area contributed by atoms with Crippen molar-refractivity contribution < 1.29 is 9.90 Å². The summed E-state index contributed by atoms with van der Waals surface area (Å²) in [6.07, 6.45) is 4.20. The van der Waals surface area contributed by atoms with E-state index in [1.807, 2.05) is 17.5 Å². The van der Waals surface area contributed by atoms with Gasteiger partial charge in [-0.1, -0.05) is 0 Å². The van der Waals surface area contributed by atoms with E-state index in [1.165, 1.54) is 0 Å². The van der Waals surface area contributed by atoms with Gasteiger partial charge >= 0.3 is 5.97 Å². The lowest BCUT2D eigenvalue weighted by molar-refractivity contribution is -0.138. The first-order valence-corrected chi connectivity index (χ1v) is 6.22. The predicted octanol–water partition coefficient (Wildman–Crippen LogP) is 2.39. The van der Waals surface area contributed by atoms with E-state index in [2.05, 4.69) is 9.97 Å². The molecule has 4 nitrogen and oxygen atoms in total. The van der Waals surface area contributed by atoms with Gasteiger partial charge in [0.1, 0.15) is 5.01 Å². The minimum absolute atomic E-state index is 0.106. The van der Waals surface area contributed by atoms with E-state index in [0.717, 1.165) is 16.3 Å². The number of aliphatic carboxylic acids is 1. The van der Waals surface area contributed by atoms with Crippen LogP contribution in [0.5, 0.6) is 0 Å². The number of thiazole rings is 1. The zero-order valence-electron chi connectivity index (χ0n) is 8.91. The van der Waals surface area contributed by atoms with Crippen LogP contribution in [-0.2, 0) is 4.79 Å². The number of aromatic nitrogens is 2. The topological polar surface area (TPSA) is 63.1 Å². The molecular formula is C12H10N2O2S. The van der Waals surface area contributed by atoms with E-state index >= 15 is 0 Å². The Hall–Kier alpha value is -1.75. The van der Waals surface area contributed by atoms with Crippen molar-refractivity contribution in [3.63, 3.8) is 0 Å². The minimum atomic E-state index is -0.717. The Morgan fingerprint density at radius 2 is 2.41 bits per heavy atom. The Bertz CT molecular complexity index is 553. The fourth-order valence-corrected chi connectivity index (χ4v) is 2.75. The maximum Gasteiger partial charge on any atom is 0.307 e. The van der Waals surface area contributed by atoms with E-state index < -0.39 is 5.97 Å². The molecule has 5 heteroatoms. The average molecular weight is 246 g/mol. The van der Waals surface area contributed by atoms with Crippen LogP contribution in [0.15, 0.2) is 29.9 Å². The molecule has 2 aromatic rings. The van der Waals surface area contributed by atoms with E-state index in [0.29, 0.717) is 6.42 Å². The second-order valence-corrected chi connectivity index (χ2v) is 4.96. The Labute approximate surface area is 102 Å². The molecule has 2 atom stereocenters. The maximum absolute atomic E-state index is 10.8. The van der Waals surface area contributed by atoms with Crippen LogP contribution in [0.2, 0.25) is 0 Å². The molecule has 1 aliphatic rings. The highest BCUT2D eigenvalue weighted by Gasteiger charge is 2.45. The molecule has 0 amide bonds. The molecule has 2 unspecified atom stereocenters. The van der Waals surface area contributed by atoms with Gasteiger partial charge in [-0.15, -0.1) is 11.3 Å². The van der Waals surface area contributed by atoms with Crippen molar-refractivity contribution in [2.45, 2.75) is 12.3 Å². The normalized spacial score (nSPS) is 22.4. The van der Waals surface area contributed by atoms with E-state index in [9.17, 15) is 4.79 Å². The third-order valence-corrected chi connectivity index (χ3v) is 3.83. The van der Waals surface area contributed by atoms with Crippen LogP contribution in [0.3, 0.4) is 0 Å². The highest BCUT2D eigenvalue weighted by atomic mass is 32.1. The van der Waals surface area contributed by atoms with Gasteiger partial charge < -0.3 is 5.11 Å². The molecule has 1 fully saturated rings. The number of rotatable bonds is 3. The Kier molecular flexibility index (Phi) is 2.40. The monoisotopic (exact) mass is 246 g/mol. The van der Waals surface area contributed by atoms with Gasteiger partial charge in [-0.05, 0) is 18.6 Å². The summed E-state index contributed by atoms with van der Waals surface area (Å²) in [6, 6.07) is 3.82. The maximum atomic E-state index is 10.8. The van der Waals surface area contributed by atoms with E-state index in [4.69, 9.17) is 5.11 Å². The number of carboxylic acid groups (broad SMARTS) is 1. The van der Waals surface area contributed by atoms with Gasteiger partial charge in [0.15, 0.2) is 0 Å². The molecule has 2 heterocycles. The van der Waals surface area contributed by atoms with Crippen LogP contribution in [0, 0.1) is 5.92 Å². The summed E-state index contributed by atoms with van der Waals surface area (Å²) in [5, 5.41) is 11.7. The van der Waals surface area contributed by atoms with Crippen LogP contribution in [-0.4, -0.2) is 21.0 Å². The molecule has 0 bridgehead atoms. The number of hydrogen-bond acceptors (Lipinski definition) is 4. The summed E-state index contributed by atoms with van der Waals surface area (Å²) in [5.74, 6) is -0.848. The third-order valence-electron chi connectivity index (χ3n) is 2.92. The summed E-state index contributed by atoms with van der Waals surface area (Å²) in [6.45, 7) is 0. The number of pyridine rings is 1. The van der Waals surface area contributed by atoms with Crippen LogP contribution in [0.25, 0.3) is 10.6 Å². The van der Waals surface area contributed by atoms with Gasteiger partial charge in [0, 0.05) is 29.3 Å². The molecule has 2 aromatic heterocycles. The van der Waals surface area contributed by atoms with Crippen LogP contribution < -0.4 is 0 Å². The number of carboxylic acids is 1. The second-order valence-electron chi connectivity index (χ2n) is 4.11. The molecule has 0 aromatic carbocycles. The average Bonchev–Trinajstić information content (AvgIpc) is 3.01. The highest BCUT2D eigenvalue weighted by Crippen LogP contribution is 2.48. The van der Waals surface area contributed by atoms with E-state index in [1.54, 1.807) is 23.7 Å². The molecule has 1 aliphatic carbocycles. The fourth-order valence-electron chi connectivity index (χ4n) is 1.87. The zero-order chi connectivity index (χ0) is 11.8. The largest absolute Gasteiger partial charge is 0.481 e. The van der Waals surface area contributed by atoms with E-state index in [-0.39, 0.29) is 11.8 Å². The van der Waals surface area contributed by atoms with Crippen molar-refractivity contribution in [2.24, 2.45) is 5.92 Å². The SMILES string of the molecule is O=C(O)C1CC1c1csc(-c2cccnc2)n1. The van der Waals surface area contributed by atoms with Gasteiger partial charge in [-0.25, -0.2) is 4.98 Å². The molecule has 0 aliphatic heterocycles. The molecule has 0 radical (unpaired) electrons. The third kappa shape index (κ3) is 1.93. The Morgan fingerprint density at radius 1 is 1.53 bits per heavy atom. The van der Waals surface area contributed by atoms with Gasteiger partial charge in [0.05, 0.1) is 11.6 Å². The summed E-state index contributed by atoms with van der Waals surface area (Å²) in [5.41, 5.74) is 1.89. The van der Waals surface area contributed by atoms with Crippen molar-refractivity contribution in [1.82, 2.24) is 9.97 Å². The molecule has 86 valence electrons. The highest BCUT2D eigenvalue weighted by molar-refractivity contribution is 7.13. The smallest absolute Gasteiger partial charge is 0.307 e. The van der Waals surface area contributed by atoms with Gasteiger partial charge in [-0.3, -0.25) is 9.78 Å². The Balaban J connectivity index is 1.83. The lowest BCUT2D eigenvalue weighted by Gasteiger charge is -1.93. The quantitative estimate of drug-likeness (QED) is 0.903. The first-order chi connectivity index (χ1) is 8.25. The lowest BCUT2D eigenvalue weighted by Crippen LogP contribution is -1.98. The summed E-state index contributed by atoms with van der Waals surface area (Å²) in [7, 11) is 0. The molecule has 1 saturated carbocycles. The number of hydrogen-bond donors (Lipinski definition) is 1. The van der Waals surface area contributed by atoms with Gasteiger partial charge in [-0.2, -0.15) is 0 Å². The first kappa shape index (κ1) is 10.4. The predicted molar refractivity (Wildman–Crippen MR) is 63.8 cm³/mol. The van der Waals surface area contributed by atoms with Crippen molar-refractivity contribution in [1.29, 1.82) is 0 Å². The minimum Gasteiger partial charge on any atom is -0.481 e. The molecule has 17 heavy (non-hydrogen) atoms. The molecular weight excluding hydrogens is 236 g/mol. The fraction of sp³-hybridized carbons (Fsp3) is 0.250. The van der Waals surface area contributed by atoms with Crippen LogP contribution >= 0.6 is 11.3 Å². The van der Waals surface area contributed by atoms with Crippen LogP contribution in [0.4, 0.5) is 0 Å². The van der Waals surface area contributed by atoms with Crippen LogP contribution in [0.1, 0.15) is 18.0 Å². The molecule has 0 saturated heterocycles. The summed E-state index contributed by atoms with van der Waals surface area (Å²) >= 11 is 1.54. The summed E-state index contributed by atoms with van der Waals surface area (Å²) in [4.78, 5) is 19.3. The standard InChI is InChI=1S/C12H10N2O2S/c15-12(16)9-4-8(9)10-6-17-11(14-10)7-2-1-3-13-5-7/h1-3,5-6,8-9H,4H2,(H,15,16). The number of carbonyl (C=O) groups is 1. The molecule has 0 spiro atoms. The zero-order valence-corrected chi connectivity index (χ0v) is 9.72. The Morgan fingerprint density at radius 3 is 3.06 bits per heavy atom. The van der Waals surface area contributed by atoms with Crippen molar-refractivity contribution in [3.8, 4) is 10.6 Å². The van der Waals surface area contributed by atoms with Crippen molar-refractivity contribution in [3.05, 3.63) is 35.6 Å². The lowest BCUT2D eigenvalue weighted by atomic mass is 10.2. The first-order valence-electron chi connectivity index (χ1n) is 5.34. The van der Waals surface area contributed by atoms with Crippen molar-refractivity contribution >= 4 is 17.3 Å². The van der Waals surface area contributed by atoms with Gasteiger partial charge in [0.25, 0.3) is 0 Å². The second kappa shape index (κ2) is 3.92. The molecule has 3 rings (SSSR count). The molecule has 1 N–H and O–H groups in total. The number of nitrogens with zero attached hydrogens (tertiary/aromatic N) is 2. The van der Waals surface area contributed by atoms with Crippen molar-refractivity contribution in [2.75, 3.05) is 0 Å². The summed E-state index contributed by atoms with van der Waals surface area (Å²) < 4.78 is 0.